The summed E-state index contributed by atoms with van der Waals surface area (Å²) in [6, 6.07) is -0.456. The van der Waals surface area contributed by atoms with Crippen molar-refractivity contribution in [1.29, 1.82) is 0 Å². The Hall–Kier alpha value is -1.03. The Kier molecular flexibility index (Phi) is 4.29. The van der Waals surface area contributed by atoms with Crippen LogP contribution < -0.4 is 5.32 Å². The molecule has 0 aromatic heterocycles. The minimum Gasteiger partial charge on any atom is -0.453 e. The molecule has 11 heavy (non-hydrogen) atoms. The molecule has 0 rings (SSSR count). The maximum atomic E-state index is 10.6. The Labute approximate surface area is 65.9 Å². The van der Waals surface area contributed by atoms with E-state index in [1.54, 1.807) is 6.92 Å². The standard InChI is InChI=1S/C7H13NO3/c1-4-6(5(2)9)8-7(10)11-3/h4-6,9H,1H2,2-3H3,(H,8,10)/t5-,6-/m0/s1. The summed E-state index contributed by atoms with van der Waals surface area (Å²) in [5.74, 6) is 0. The second-order valence-corrected chi connectivity index (χ2v) is 2.14. The van der Waals surface area contributed by atoms with Gasteiger partial charge >= 0.3 is 6.09 Å². The molecule has 2 N–H and O–H groups in total. The molecule has 0 fully saturated rings. The largest absolute Gasteiger partial charge is 0.453 e. The predicted octanol–water partition coefficient (Wildman–Crippen LogP) is 0.278. The van der Waals surface area contributed by atoms with Crippen LogP contribution in [-0.4, -0.2) is 30.5 Å². The monoisotopic (exact) mass is 159 g/mol. The molecule has 0 saturated heterocycles. The molecule has 0 bridgehead atoms. The summed E-state index contributed by atoms with van der Waals surface area (Å²) >= 11 is 0. The summed E-state index contributed by atoms with van der Waals surface area (Å²) in [7, 11) is 1.26. The third-order valence-corrected chi connectivity index (χ3v) is 1.24. The summed E-state index contributed by atoms with van der Waals surface area (Å²) in [5, 5.41) is 11.4. The zero-order valence-electron chi connectivity index (χ0n) is 6.70. The highest BCUT2D eigenvalue weighted by Crippen LogP contribution is 1.93. The van der Waals surface area contributed by atoms with Gasteiger partial charge in [-0.15, -0.1) is 6.58 Å². The zero-order valence-corrected chi connectivity index (χ0v) is 6.70. The molecule has 0 aliphatic heterocycles. The molecular formula is C7H13NO3. The van der Waals surface area contributed by atoms with Crippen LogP contribution in [0.2, 0.25) is 0 Å². The highest BCUT2D eigenvalue weighted by atomic mass is 16.5. The van der Waals surface area contributed by atoms with Crippen LogP contribution in [0.4, 0.5) is 4.79 Å². The Morgan fingerprint density at radius 1 is 1.82 bits per heavy atom. The predicted molar refractivity (Wildman–Crippen MR) is 41.2 cm³/mol. The van der Waals surface area contributed by atoms with E-state index in [0.29, 0.717) is 0 Å². The maximum Gasteiger partial charge on any atom is 0.407 e. The van der Waals surface area contributed by atoms with E-state index >= 15 is 0 Å². The maximum absolute atomic E-state index is 10.6. The highest BCUT2D eigenvalue weighted by molar-refractivity contribution is 5.67. The molecule has 1 amide bonds. The molecule has 0 saturated carbocycles. The van der Waals surface area contributed by atoms with Crippen LogP contribution in [0.1, 0.15) is 6.92 Å². The average Bonchev–Trinajstić information content (AvgIpc) is 1.99. The van der Waals surface area contributed by atoms with Crippen molar-refractivity contribution >= 4 is 6.09 Å². The first-order chi connectivity index (χ1) is 5.11. The van der Waals surface area contributed by atoms with E-state index in [-0.39, 0.29) is 0 Å². The fourth-order valence-corrected chi connectivity index (χ4v) is 0.571. The van der Waals surface area contributed by atoms with Crippen LogP contribution in [0.5, 0.6) is 0 Å². The topological polar surface area (TPSA) is 58.6 Å². The molecule has 0 unspecified atom stereocenters. The van der Waals surface area contributed by atoms with Crippen molar-refractivity contribution in [2.75, 3.05) is 7.11 Å². The van der Waals surface area contributed by atoms with E-state index in [9.17, 15) is 4.79 Å². The number of methoxy groups -OCH3 is 1. The number of carbonyl (C=O) groups is 1. The first-order valence-corrected chi connectivity index (χ1v) is 3.27. The second-order valence-electron chi connectivity index (χ2n) is 2.14. The van der Waals surface area contributed by atoms with Crippen LogP contribution in [0.3, 0.4) is 0 Å². The van der Waals surface area contributed by atoms with Gasteiger partial charge in [-0.2, -0.15) is 0 Å². The number of rotatable bonds is 3. The van der Waals surface area contributed by atoms with Crippen LogP contribution in [0.15, 0.2) is 12.7 Å². The number of alkyl carbamates (subject to hydrolysis) is 1. The second kappa shape index (κ2) is 4.73. The quantitative estimate of drug-likeness (QED) is 0.581. The summed E-state index contributed by atoms with van der Waals surface area (Å²) < 4.78 is 4.32. The van der Waals surface area contributed by atoms with Gasteiger partial charge in [0.2, 0.25) is 0 Å². The normalized spacial score (nSPS) is 14.8. The summed E-state index contributed by atoms with van der Waals surface area (Å²) in [5.41, 5.74) is 0. The van der Waals surface area contributed by atoms with Gasteiger partial charge in [0.05, 0.1) is 19.3 Å². The van der Waals surface area contributed by atoms with Crippen molar-refractivity contribution in [3.8, 4) is 0 Å². The summed E-state index contributed by atoms with van der Waals surface area (Å²) in [4.78, 5) is 10.6. The lowest BCUT2D eigenvalue weighted by molar-refractivity contribution is 0.138. The number of hydrogen-bond acceptors (Lipinski definition) is 3. The third kappa shape index (κ3) is 3.62. The van der Waals surface area contributed by atoms with Gasteiger partial charge in [-0.05, 0) is 6.92 Å². The van der Waals surface area contributed by atoms with Crippen molar-refractivity contribution in [3.63, 3.8) is 0 Å². The minimum atomic E-state index is -0.661. The Morgan fingerprint density at radius 2 is 2.36 bits per heavy atom. The molecule has 2 atom stereocenters. The molecule has 0 aliphatic carbocycles. The summed E-state index contributed by atoms with van der Waals surface area (Å²) in [6.07, 6.45) is 0.212. The zero-order chi connectivity index (χ0) is 8.85. The van der Waals surface area contributed by atoms with Crippen LogP contribution in [0.25, 0.3) is 0 Å². The van der Waals surface area contributed by atoms with Gasteiger partial charge in [0, 0.05) is 0 Å². The lowest BCUT2D eigenvalue weighted by Crippen LogP contribution is -2.40. The minimum absolute atomic E-state index is 0.456. The van der Waals surface area contributed by atoms with E-state index in [1.807, 2.05) is 0 Å². The third-order valence-electron chi connectivity index (χ3n) is 1.24. The molecule has 0 spiro atoms. The number of aliphatic hydroxyl groups excluding tert-OH is 1. The van der Waals surface area contributed by atoms with Gasteiger partial charge in [-0.3, -0.25) is 0 Å². The molecule has 0 aromatic rings. The SMILES string of the molecule is C=C[C@H](NC(=O)OC)[C@H](C)O. The number of hydrogen-bond donors (Lipinski definition) is 2. The van der Waals surface area contributed by atoms with E-state index in [1.165, 1.54) is 13.2 Å². The lowest BCUT2D eigenvalue weighted by Gasteiger charge is -2.15. The number of nitrogens with one attached hydrogen (secondary N) is 1. The average molecular weight is 159 g/mol. The van der Waals surface area contributed by atoms with Crippen molar-refractivity contribution in [2.45, 2.75) is 19.1 Å². The fraction of sp³-hybridized carbons (Fsp3) is 0.571. The van der Waals surface area contributed by atoms with Gasteiger partial charge in [0.1, 0.15) is 0 Å². The highest BCUT2D eigenvalue weighted by Gasteiger charge is 2.13. The van der Waals surface area contributed by atoms with Crippen LogP contribution in [-0.2, 0) is 4.74 Å². The van der Waals surface area contributed by atoms with Crippen LogP contribution >= 0.6 is 0 Å². The van der Waals surface area contributed by atoms with Gasteiger partial charge in [0.25, 0.3) is 0 Å². The summed E-state index contributed by atoms with van der Waals surface area (Å²) in [6.45, 7) is 5.00. The van der Waals surface area contributed by atoms with Gasteiger partial charge in [-0.25, -0.2) is 4.79 Å². The molecule has 0 aromatic carbocycles. The molecule has 0 radical (unpaired) electrons. The van der Waals surface area contributed by atoms with Crippen molar-refractivity contribution in [3.05, 3.63) is 12.7 Å². The van der Waals surface area contributed by atoms with Gasteiger partial charge in [0.15, 0.2) is 0 Å². The Bertz CT molecular complexity index is 145. The Morgan fingerprint density at radius 3 is 2.64 bits per heavy atom. The Balaban J connectivity index is 3.87. The molecule has 0 heterocycles. The molecular weight excluding hydrogens is 146 g/mol. The molecule has 4 nitrogen and oxygen atoms in total. The number of aliphatic hydroxyl groups is 1. The van der Waals surface area contributed by atoms with E-state index in [4.69, 9.17) is 5.11 Å². The van der Waals surface area contributed by atoms with E-state index < -0.39 is 18.2 Å². The molecule has 0 aliphatic rings. The number of carbonyl (C=O) groups excluding carboxylic acids is 1. The van der Waals surface area contributed by atoms with Gasteiger partial charge < -0.3 is 15.2 Å². The molecule has 64 valence electrons. The smallest absolute Gasteiger partial charge is 0.407 e. The fourth-order valence-electron chi connectivity index (χ4n) is 0.571. The van der Waals surface area contributed by atoms with Crippen molar-refractivity contribution in [2.24, 2.45) is 0 Å². The number of amides is 1. The first kappa shape index (κ1) is 9.97. The lowest BCUT2D eigenvalue weighted by atomic mass is 10.2. The van der Waals surface area contributed by atoms with Crippen molar-refractivity contribution in [1.82, 2.24) is 5.32 Å². The molecule has 4 heteroatoms. The van der Waals surface area contributed by atoms with Crippen molar-refractivity contribution < 1.29 is 14.6 Å². The van der Waals surface area contributed by atoms with E-state index in [2.05, 4.69) is 16.6 Å². The first-order valence-electron chi connectivity index (χ1n) is 3.27. The number of ether oxygens (including phenoxy) is 1. The van der Waals surface area contributed by atoms with Gasteiger partial charge in [-0.1, -0.05) is 6.08 Å². The van der Waals surface area contributed by atoms with Crippen LogP contribution in [0, 0.1) is 0 Å². The van der Waals surface area contributed by atoms with E-state index in [0.717, 1.165) is 0 Å².